The van der Waals surface area contributed by atoms with E-state index in [9.17, 15) is 9.59 Å². The maximum absolute atomic E-state index is 12.0. The van der Waals surface area contributed by atoms with E-state index in [1.807, 2.05) is 4.90 Å². The zero-order valence-corrected chi connectivity index (χ0v) is 11.0. The Bertz CT molecular complexity index is 313. The number of amides is 2. The Morgan fingerprint density at radius 2 is 1.78 bits per heavy atom. The average molecular weight is 254 g/mol. The van der Waals surface area contributed by atoms with E-state index in [2.05, 4.69) is 5.32 Å². The highest BCUT2D eigenvalue weighted by molar-refractivity contribution is 5.77. The SMILES string of the molecule is COC(=O)C1CCCCC1NC(=O)N1CCCC1. The first-order chi connectivity index (χ1) is 8.72. The molecule has 1 aliphatic carbocycles. The van der Waals surface area contributed by atoms with Crippen LogP contribution in [0.25, 0.3) is 0 Å². The molecule has 0 radical (unpaired) electrons. The summed E-state index contributed by atoms with van der Waals surface area (Å²) in [7, 11) is 1.41. The number of nitrogens with zero attached hydrogens (tertiary/aromatic N) is 1. The van der Waals surface area contributed by atoms with Crippen LogP contribution >= 0.6 is 0 Å². The van der Waals surface area contributed by atoms with Gasteiger partial charge in [0.2, 0.25) is 0 Å². The molecule has 0 spiro atoms. The van der Waals surface area contributed by atoms with E-state index in [-0.39, 0.29) is 24.0 Å². The second-order valence-corrected chi connectivity index (χ2v) is 5.16. The smallest absolute Gasteiger partial charge is 0.317 e. The van der Waals surface area contributed by atoms with Crippen molar-refractivity contribution in [3.05, 3.63) is 0 Å². The molecule has 102 valence electrons. The number of urea groups is 1. The molecule has 0 aromatic rings. The van der Waals surface area contributed by atoms with Gasteiger partial charge in [0, 0.05) is 19.1 Å². The summed E-state index contributed by atoms with van der Waals surface area (Å²) >= 11 is 0. The molecule has 1 N–H and O–H groups in total. The lowest BCUT2D eigenvalue weighted by molar-refractivity contribution is -0.147. The van der Waals surface area contributed by atoms with Crippen LogP contribution in [0.2, 0.25) is 0 Å². The minimum absolute atomic E-state index is 0.0201. The zero-order chi connectivity index (χ0) is 13.0. The number of carbonyl (C=O) groups excluding carboxylic acids is 2. The molecule has 18 heavy (non-hydrogen) atoms. The van der Waals surface area contributed by atoms with Gasteiger partial charge in [-0.3, -0.25) is 4.79 Å². The Labute approximate surface area is 108 Å². The number of hydrogen-bond donors (Lipinski definition) is 1. The van der Waals surface area contributed by atoms with Crippen molar-refractivity contribution in [2.75, 3.05) is 20.2 Å². The highest BCUT2D eigenvalue weighted by atomic mass is 16.5. The third-order valence-corrected chi connectivity index (χ3v) is 3.97. The van der Waals surface area contributed by atoms with Gasteiger partial charge in [-0.05, 0) is 25.7 Å². The lowest BCUT2D eigenvalue weighted by atomic mass is 9.84. The van der Waals surface area contributed by atoms with E-state index < -0.39 is 0 Å². The molecule has 0 bridgehead atoms. The molecule has 5 heteroatoms. The van der Waals surface area contributed by atoms with Crippen LogP contribution in [-0.4, -0.2) is 43.1 Å². The van der Waals surface area contributed by atoms with Crippen LogP contribution < -0.4 is 5.32 Å². The van der Waals surface area contributed by atoms with Crippen molar-refractivity contribution in [3.8, 4) is 0 Å². The van der Waals surface area contributed by atoms with Gasteiger partial charge in [0.25, 0.3) is 0 Å². The van der Waals surface area contributed by atoms with Crippen molar-refractivity contribution < 1.29 is 14.3 Å². The molecule has 2 atom stereocenters. The van der Waals surface area contributed by atoms with Crippen LogP contribution in [0.1, 0.15) is 38.5 Å². The first kappa shape index (κ1) is 13.2. The van der Waals surface area contributed by atoms with Crippen LogP contribution in [-0.2, 0) is 9.53 Å². The summed E-state index contributed by atoms with van der Waals surface area (Å²) in [6, 6.07) is -0.0763. The minimum Gasteiger partial charge on any atom is -0.469 e. The van der Waals surface area contributed by atoms with Crippen LogP contribution in [0.15, 0.2) is 0 Å². The predicted octanol–water partition coefficient (Wildman–Crippen LogP) is 1.52. The molecule has 1 saturated heterocycles. The molecular weight excluding hydrogens is 232 g/mol. The molecule has 2 rings (SSSR count). The number of carbonyl (C=O) groups is 2. The van der Waals surface area contributed by atoms with Crippen molar-refractivity contribution >= 4 is 12.0 Å². The third kappa shape index (κ3) is 2.94. The summed E-state index contributed by atoms with van der Waals surface area (Å²) < 4.78 is 4.82. The number of ether oxygens (including phenoxy) is 1. The molecule has 2 fully saturated rings. The highest BCUT2D eigenvalue weighted by Crippen LogP contribution is 2.25. The summed E-state index contributed by atoms with van der Waals surface area (Å²) in [6.07, 6.45) is 5.96. The van der Waals surface area contributed by atoms with Gasteiger partial charge >= 0.3 is 12.0 Å². The quantitative estimate of drug-likeness (QED) is 0.760. The van der Waals surface area contributed by atoms with Gasteiger partial charge in [-0.15, -0.1) is 0 Å². The van der Waals surface area contributed by atoms with E-state index in [4.69, 9.17) is 4.74 Å². The number of nitrogens with one attached hydrogen (secondary N) is 1. The molecule has 2 unspecified atom stereocenters. The van der Waals surface area contributed by atoms with Crippen LogP contribution in [0.3, 0.4) is 0 Å². The van der Waals surface area contributed by atoms with E-state index in [1.54, 1.807) is 0 Å². The topological polar surface area (TPSA) is 58.6 Å². The first-order valence-electron chi connectivity index (χ1n) is 6.85. The van der Waals surface area contributed by atoms with Gasteiger partial charge in [0.05, 0.1) is 13.0 Å². The average Bonchev–Trinajstić information content (AvgIpc) is 2.92. The largest absolute Gasteiger partial charge is 0.469 e. The second-order valence-electron chi connectivity index (χ2n) is 5.16. The van der Waals surface area contributed by atoms with Crippen LogP contribution in [0, 0.1) is 5.92 Å². The standard InChI is InChI=1S/C13H22N2O3/c1-18-12(16)10-6-2-3-7-11(10)14-13(17)15-8-4-5-9-15/h10-11H,2-9H2,1H3,(H,14,17). The number of hydrogen-bond acceptors (Lipinski definition) is 3. The molecule has 1 saturated carbocycles. The highest BCUT2D eigenvalue weighted by Gasteiger charge is 2.33. The fourth-order valence-electron chi connectivity index (χ4n) is 2.91. The molecule has 5 nitrogen and oxygen atoms in total. The Hall–Kier alpha value is -1.26. The lowest BCUT2D eigenvalue weighted by Gasteiger charge is -2.31. The molecule has 2 aliphatic rings. The Morgan fingerprint density at radius 1 is 1.11 bits per heavy atom. The molecule has 0 aromatic carbocycles. The Balaban J connectivity index is 1.92. The van der Waals surface area contributed by atoms with Crippen LogP contribution in [0.5, 0.6) is 0 Å². The fourth-order valence-corrected chi connectivity index (χ4v) is 2.91. The summed E-state index contributed by atoms with van der Waals surface area (Å²) in [5.41, 5.74) is 0. The van der Waals surface area contributed by atoms with Crippen molar-refractivity contribution in [3.63, 3.8) is 0 Å². The van der Waals surface area contributed by atoms with Crippen molar-refractivity contribution in [2.45, 2.75) is 44.6 Å². The maximum atomic E-state index is 12.0. The number of likely N-dealkylation sites (tertiary alicyclic amines) is 1. The maximum Gasteiger partial charge on any atom is 0.317 e. The lowest BCUT2D eigenvalue weighted by Crippen LogP contribution is -2.49. The summed E-state index contributed by atoms with van der Waals surface area (Å²) in [5.74, 6) is -0.364. The van der Waals surface area contributed by atoms with E-state index in [0.717, 1.165) is 51.6 Å². The van der Waals surface area contributed by atoms with Gasteiger partial charge in [0.15, 0.2) is 0 Å². The fraction of sp³-hybridized carbons (Fsp3) is 0.846. The normalized spacial score (nSPS) is 27.9. The van der Waals surface area contributed by atoms with Crippen molar-refractivity contribution in [2.24, 2.45) is 5.92 Å². The number of rotatable bonds is 2. The van der Waals surface area contributed by atoms with Gasteiger partial charge in [-0.25, -0.2) is 4.79 Å². The van der Waals surface area contributed by atoms with Crippen molar-refractivity contribution in [1.82, 2.24) is 10.2 Å². The summed E-state index contributed by atoms with van der Waals surface area (Å²) in [6.45, 7) is 1.67. The zero-order valence-electron chi connectivity index (χ0n) is 11.0. The third-order valence-electron chi connectivity index (χ3n) is 3.97. The number of esters is 1. The molecular formula is C13H22N2O3. The second kappa shape index (κ2) is 6.07. The molecule has 1 heterocycles. The van der Waals surface area contributed by atoms with Gasteiger partial charge in [-0.2, -0.15) is 0 Å². The van der Waals surface area contributed by atoms with E-state index >= 15 is 0 Å². The van der Waals surface area contributed by atoms with Crippen LogP contribution in [0.4, 0.5) is 4.79 Å². The summed E-state index contributed by atoms with van der Waals surface area (Å²) in [4.78, 5) is 25.6. The van der Waals surface area contributed by atoms with Gasteiger partial charge < -0.3 is 15.0 Å². The Morgan fingerprint density at radius 3 is 2.44 bits per heavy atom. The van der Waals surface area contributed by atoms with E-state index in [1.165, 1.54) is 7.11 Å². The minimum atomic E-state index is -0.193. The number of methoxy groups -OCH3 is 1. The van der Waals surface area contributed by atoms with Gasteiger partial charge in [0.1, 0.15) is 0 Å². The monoisotopic (exact) mass is 254 g/mol. The first-order valence-corrected chi connectivity index (χ1v) is 6.85. The summed E-state index contributed by atoms with van der Waals surface area (Å²) in [5, 5.41) is 3.01. The van der Waals surface area contributed by atoms with Gasteiger partial charge in [-0.1, -0.05) is 12.8 Å². The predicted molar refractivity (Wildman–Crippen MR) is 67.1 cm³/mol. The Kier molecular flexibility index (Phi) is 4.44. The molecule has 0 aromatic heterocycles. The van der Waals surface area contributed by atoms with Crippen molar-refractivity contribution in [1.29, 1.82) is 0 Å². The molecule has 2 amide bonds. The molecule has 1 aliphatic heterocycles. The van der Waals surface area contributed by atoms with E-state index in [0.29, 0.717) is 0 Å².